The number of amidine groups is 1. The summed E-state index contributed by atoms with van der Waals surface area (Å²) >= 11 is 0. The summed E-state index contributed by atoms with van der Waals surface area (Å²) in [6.07, 6.45) is -2.61. The van der Waals surface area contributed by atoms with Gasteiger partial charge in [0, 0.05) is 18.8 Å². The Morgan fingerprint density at radius 2 is 2.06 bits per heavy atom. The van der Waals surface area contributed by atoms with E-state index >= 15 is 0 Å². The Kier molecular flexibility index (Phi) is 5.22. The molecular formula is C17H21N7O7. The summed E-state index contributed by atoms with van der Waals surface area (Å²) in [5, 5.41) is 35.9. The molecule has 14 nitrogen and oxygen atoms in total. The molecule has 0 aliphatic carbocycles. The van der Waals surface area contributed by atoms with Crippen LogP contribution in [0.3, 0.4) is 0 Å². The minimum absolute atomic E-state index is 0.222. The number of rotatable bonds is 6. The summed E-state index contributed by atoms with van der Waals surface area (Å²) in [5.41, 5.74) is 12.4. The lowest BCUT2D eigenvalue weighted by atomic mass is 10.1. The van der Waals surface area contributed by atoms with Crippen molar-refractivity contribution in [2.24, 2.45) is 16.6 Å². The van der Waals surface area contributed by atoms with Gasteiger partial charge in [0.05, 0.1) is 11.8 Å². The highest BCUT2D eigenvalue weighted by Crippen LogP contribution is 2.37. The van der Waals surface area contributed by atoms with Crippen molar-refractivity contribution in [3.63, 3.8) is 0 Å². The van der Waals surface area contributed by atoms with E-state index in [4.69, 9.17) is 26.0 Å². The molecule has 0 amide bonds. The first kappa shape index (κ1) is 20.9. The molecule has 4 rings (SSSR count). The number of carbonyl (C=O) groups is 2. The van der Waals surface area contributed by atoms with Crippen LogP contribution in [0.2, 0.25) is 0 Å². The van der Waals surface area contributed by atoms with Gasteiger partial charge >= 0.3 is 11.9 Å². The van der Waals surface area contributed by atoms with Crippen molar-refractivity contribution in [3.8, 4) is 0 Å². The summed E-state index contributed by atoms with van der Waals surface area (Å²) in [4.78, 5) is 30.9. The fourth-order valence-corrected chi connectivity index (χ4v) is 3.60. The van der Waals surface area contributed by atoms with Gasteiger partial charge in [-0.2, -0.15) is 5.10 Å². The number of carboxylic acid groups (broad SMARTS) is 1. The van der Waals surface area contributed by atoms with E-state index in [2.05, 4.69) is 15.1 Å². The number of hydrogen-bond acceptors (Lipinski definition) is 12. The summed E-state index contributed by atoms with van der Waals surface area (Å²) in [7, 11) is 1.68. The molecule has 0 saturated carbocycles. The van der Waals surface area contributed by atoms with Gasteiger partial charge in [-0.05, 0) is 0 Å². The zero-order chi connectivity index (χ0) is 22.4. The number of nitrogens with zero attached hydrogens (tertiary/aromatic N) is 5. The first-order chi connectivity index (χ1) is 14.7. The first-order valence-corrected chi connectivity index (χ1v) is 9.28. The molecular weight excluding hydrogens is 414 g/mol. The molecule has 2 aliphatic heterocycles. The average Bonchev–Trinajstić information content (AvgIpc) is 3.23. The van der Waals surface area contributed by atoms with Crippen LogP contribution in [-0.2, 0) is 19.1 Å². The summed E-state index contributed by atoms with van der Waals surface area (Å²) in [6.45, 7) is -0.431. The molecule has 2 aromatic rings. The molecule has 1 saturated heterocycles. The summed E-state index contributed by atoms with van der Waals surface area (Å²) in [6, 6.07) is -1.36. The third-order valence-corrected chi connectivity index (χ3v) is 5.13. The Morgan fingerprint density at radius 3 is 2.77 bits per heavy atom. The molecule has 0 unspecified atom stereocenters. The Balaban J connectivity index is 1.56. The van der Waals surface area contributed by atoms with E-state index in [9.17, 15) is 19.8 Å². The number of anilines is 1. The number of aliphatic carboxylic acids is 1. The Bertz CT molecular complexity index is 1070. The van der Waals surface area contributed by atoms with Crippen molar-refractivity contribution in [2.45, 2.75) is 37.0 Å². The monoisotopic (exact) mass is 435 g/mol. The van der Waals surface area contributed by atoms with E-state index in [-0.39, 0.29) is 5.84 Å². The Labute approximate surface area is 174 Å². The van der Waals surface area contributed by atoms with E-state index < -0.39 is 55.5 Å². The highest BCUT2D eigenvalue weighted by atomic mass is 16.6. The molecule has 2 aromatic heterocycles. The SMILES string of the molecule is CN1N=C(N)c2cn([C@@H]3O[C@H](COC(=O)[C@H](N)CC(=O)O)[C@@H](O)[C@H]3O)c3ncnc1c23. The fourth-order valence-electron chi connectivity index (χ4n) is 3.60. The first-order valence-electron chi connectivity index (χ1n) is 9.28. The molecule has 0 aromatic carbocycles. The van der Waals surface area contributed by atoms with Gasteiger partial charge in [-0.1, -0.05) is 0 Å². The standard InChI is InChI=1S/C17H21N7O7/c1-23-14-10-6(13(19)22-23)3-24(15(10)21-5-20-14)16-12(28)11(27)8(31-16)4-30-17(29)7(18)2-9(25)26/h3,5,7-8,11-12,16,27-28H,2,4,18H2,1H3,(H2,19,22)(H,25,26)/t7-,8-,11-,12-,16-/m1/s1. The van der Waals surface area contributed by atoms with E-state index in [0.29, 0.717) is 22.4 Å². The van der Waals surface area contributed by atoms with Crippen molar-refractivity contribution in [1.29, 1.82) is 0 Å². The zero-order valence-electron chi connectivity index (χ0n) is 16.3. The maximum atomic E-state index is 11.8. The maximum absolute atomic E-state index is 11.8. The summed E-state index contributed by atoms with van der Waals surface area (Å²) in [5.74, 6) is -1.47. The van der Waals surface area contributed by atoms with Gasteiger partial charge in [0.1, 0.15) is 42.9 Å². The molecule has 1 fully saturated rings. The van der Waals surface area contributed by atoms with Crippen molar-refractivity contribution in [1.82, 2.24) is 14.5 Å². The van der Waals surface area contributed by atoms with Gasteiger partial charge in [-0.25, -0.2) is 15.0 Å². The van der Waals surface area contributed by atoms with Crippen LogP contribution >= 0.6 is 0 Å². The fraction of sp³-hybridized carbons (Fsp3) is 0.471. The number of aromatic nitrogens is 3. The number of aliphatic hydroxyl groups is 2. The number of nitrogens with two attached hydrogens (primary N) is 2. The van der Waals surface area contributed by atoms with Crippen molar-refractivity contribution >= 4 is 34.6 Å². The van der Waals surface area contributed by atoms with Crippen molar-refractivity contribution < 1.29 is 34.4 Å². The Hall–Kier alpha value is -3.33. The number of hydrogen-bond donors (Lipinski definition) is 5. The molecule has 2 aliphatic rings. The van der Waals surface area contributed by atoms with Crippen LogP contribution in [0.25, 0.3) is 11.0 Å². The van der Waals surface area contributed by atoms with Gasteiger partial charge in [0.15, 0.2) is 17.9 Å². The number of hydrazone groups is 1. The number of aliphatic hydroxyl groups excluding tert-OH is 2. The zero-order valence-corrected chi connectivity index (χ0v) is 16.3. The average molecular weight is 435 g/mol. The van der Waals surface area contributed by atoms with Crippen LogP contribution < -0.4 is 16.5 Å². The largest absolute Gasteiger partial charge is 0.481 e. The van der Waals surface area contributed by atoms with Gasteiger partial charge in [-0.3, -0.25) is 9.59 Å². The van der Waals surface area contributed by atoms with Gasteiger partial charge < -0.3 is 40.8 Å². The molecule has 4 heterocycles. The van der Waals surface area contributed by atoms with Gasteiger partial charge in [0.25, 0.3) is 0 Å². The molecule has 0 radical (unpaired) electrons. The minimum atomic E-state index is -1.39. The van der Waals surface area contributed by atoms with E-state index in [0.717, 1.165) is 0 Å². The van der Waals surface area contributed by atoms with Crippen LogP contribution in [0, 0.1) is 0 Å². The van der Waals surface area contributed by atoms with Crippen molar-refractivity contribution in [2.75, 3.05) is 18.7 Å². The third kappa shape index (κ3) is 3.54. The van der Waals surface area contributed by atoms with Crippen LogP contribution in [0.5, 0.6) is 0 Å². The molecule has 31 heavy (non-hydrogen) atoms. The second-order valence-electron chi connectivity index (χ2n) is 7.24. The smallest absolute Gasteiger partial charge is 0.323 e. The minimum Gasteiger partial charge on any atom is -0.481 e. The predicted octanol–water partition coefficient (Wildman–Crippen LogP) is -2.53. The number of carbonyl (C=O) groups excluding carboxylic acids is 1. The quantitative estimate of drug-likeness (QED) is 0.297. The van der Waals surface area contributed by atoms with Crippen LogP contribution in [0.4, 0.5) is 5.82 Å². The number of esters is 1. The normalized spacial score (nSPS) is 26.1. The molecule has 14 heteroatoms. The third-order valence-electron chi connectivity index (χ3n) is 5.13. The molecule has 5 atom stereocenters. The van der Waals surface area contributed by atoms with Gasteiger partial charge in [0.2, 0.25) is 0 Å². The van der Waals surface area contributed by atoms with Crippen LogP contribution in [0.15, 0.2) is 17.6 Å². The Morgan fingerprint density at radius 1 is 1.32 bits per heavy atom. The lowest BCUT2D eigenvalue weighted by Crippen LogP contribution is -2.38. The van der Waals surface area contributed by atoms with Crippen LogP contribution in [0.1, 0.15) is 18.2 Å². The number of ether oxygens (including phenoxy) is 2. The highest BCUT2D eigenvalue weighted by molar-refractivity contribution is 6.13. The second-order valence-corrected chi connectivity index (χ2v) is 7.24. The van der Waals surface area contributed by atoms with Gasteiger partial charge in [-0.15, -0.1) is 0 Å². The molecule has 7 N–H and O–H groups in total. The molecule has 166 valence electrons. The maximum Gasteiger partial charge on any atom is 0.323 e. The second kappa shape index (κ2) is 7.73. The van der Waals surface area contributed by atoms with E-state index in [1.165, 1.54) is 15.9 Å². The number of carboxylic acids is 1. The van der Waals surface area contributed by atoms with Crippen LogP contribution in [-0.4, -0.2) is 85.6 Å². The van der Waals surface area contributed by atoms with Crippen molar-refractivity contribution in [3.05, 3.63) is 18.1 Å². The predicted molar refractivity (Wildman–Crippen MR) is 104 cm³/mol. The topological polar surface area (TPSA) is 212 Å². The van der Waals surface area contributed by atoms with E-state index in [1.54, 1.807) is 13.2 Å². The molecule has 0 spiro atoms. The molecule has 0 bridgehead atoms. The highest BCUT2D eigenvalue weighted by Gasteiger charge is 2.45. The lowest BCUT2D eigenvalue weighted by Gasteiger charge is -2.19. The summed E-state index contributed by atoms with van der Waals surface area (Å²) < 4.78 is 12.2. The lowest BCUT2D eigenvalue weighted by molar-refractivity contribution is -0.154. The van der Waals surface area contributed by atoms with E-state index in [1.807, 2.05) is 0 Å².